The van der Waals surface area contributed by atoms with E-state index in [0.717, 1.165) is 0 Å². The lowest BCUT2D eigenvalue weighted by Crippen LogP contribution is -2.00. The normalized spacial score (nSPS) is 10.0. The molecule has 0 aliphatic heterocycles. The fourth-order valence-corrected chi connectivity index (χ4v) is 0.236. The second-order valence-corrected chi connectivity index (χ2v) is 1.32. The first kappa shape index (κ1) is 7.46. The van der Waals surface area contributed by atoms with Crippen LogP contribution in [0.5, 0.6) is 0 Å². The van der Waals surface area contributed by atoms with Crippen LogP contribution in [0.25, 0.3) is 0 Å². The molecule has 0 saturated carbocycles. The molecule has 0 saturated heterocycles. The van der Waals surface area contributed by atoms with Gasteiger partial charge in [-0.1, -0.05) is 0 Å². The van der Waals surface area contributed by atoms with E-state index >= 15 is 0 Å². The van der Waals surface area contributed by atoms with Crippen LogP contribution in [0.3, 0.4) is 0 Å². The van der Waals surface area contributed by atoms with E-state index in [1.165, 1.54) is 0 Å². The first-order valence-corrected chi connectivity index (χ1v) is 2.62. The fraction of sp³-hybridized carbons (Fsp3) is 0.500. The van der Waals surface area contributed by atoms with Gasteiger partial charge in [0.25, 0.3) is 0 Å². The monoisotopic (exact) mass is 140 g/mol. The predicted octanol–water partition coefficient (Wildman–Crippen LogP) is 0.326. The standard InChI is InChI=1S/C2H5O5P/c3-2(4)6-1-7-8-5/h1,8H2,(H,3,4). The molecule has 0 amide bonds. The highest BCUT2D eigenvalue weighted by Gasteiger charge is 1.91. The Labute approximate surface area is 46.5 Å². The summed E-state index contributed by atoms with van der Waals surface area (Å²) in [5.74, 6) is 0. The van der Waals surface area contributed by atoms with E-state index in [4.69, 9.17) is 5.11 Å². The third-order valence-electron chi connectivity index (χ3n) is 0.318. The molecular formula is C2H5O5P. The van der Waals surface area contributed by atoms with Crippen molar-refractivity contribution in [3.05, 3.63) is 0 Å². The van der Waals surface area contributed by atoms with Crippen LogP contribution in [0.15, 0.2) is 0 Å². The van der Waals surface area contributed by atoms with E-state index in [9.17, 15) is 9.36 Å². The molecule has 0 aliphatic carbocycles. The minimum Gasteiger partial charge on any atom is -0.450 e. The van der Waals surface area contributed by atoms with Crippen molar-refractivity contribution in [2.75, 3.05) is 6.79 Å². The highest BCUT2D eigenvalue weighted by molar-refractivity contribution is 7.17. The zero-order valence-corrected chi connectivity index (χ0v) is 5.02. The second kappa shape index (κ2) is 4.61. The Hall–Kier alpha value is -0.540. The van der Waals surface area contributed by atoms with Crippen molar-refractivity contribution in [1.29, 1.82) is 0 Å². The van der Waals surface area contributed by atoms with Gasteiger partial charge in [-0.3, -0.25) is 9.09 Å². The number of carboxylic acid groups (broad SMARTS) is 1. The summed E-state index contributed by atoms with van der Waals surface area (Å²) in [6.45, 7) is -0.450. The van der Waals surface area contributed by atoms with Gasteiger partial charge in [0.2, 0.25) is 6.79 Å². The summed E-state index contributed by atoms with van der Waals surface area (Å²) in [4.78, 5) is 9.48. The van der Waals surface area contributed by atoms with E-state index in [-0.39, 0.29) is 0 Å². The zero-order valence-electron chi connectivity index (χ0n) is 3.86. The van der Waals surface area contributed by atoms with Gasteiger partial charge in [-0.2, -0.15) is 0 Å². The largest absolute Gasteiger partial charge is 0.507 e. The number of ether oxygens (including phenoxy) is 1. The lowest BCUT2D eigenvalue weighted by atomic mass is 11.3. The number of carbonyl (C=O) groups is 1. The van der Waals surface area contributed by atoms with E-state index in [1.54, 1.807) is 0 Å². The minimum absolute atomic E-state index is 0.450. The molecule has 0 heterocycles. The average Bonchev–Trinajstić information content (AvgIpc) is 1.66. The van der Waals surface area contributed by atoms with E-state index in [0.29, 0.717) is 0 Å². The van der Waals surface area contributed by atoms with Crippen LogP contribution in [0.4, 0.5) is 4.79 Å². The molecule has 0 bridgehead atoms. The van der Waals surface area contributed by atoms with E-state index in [2.05, 4.69) is 9.26 Å². The third-order valence-corrected chi connectivity index (χ3v) is 0.591. The fourth-order valence-electron chi connectivity index (χ4n) is 0.112. The second-order valence-electron chi connectivity index (χ2n) is 0.791. The molecule has 0 rings (SSSR count). The molecule has 1 unspecified atom stereocenters. The minimum atomic E-state index is -1.43. The van der Waals surface area contributed by atoms with Gasteiger partial charge in [-0.15, -0.1) is 0 Å². The van der Waals surface area contributed by atoms with E-state index in [1.807, 2.05) is 0 Å². The van der Waals surface area contributed by atoms with Crippen molar-refractivity contribution in [3.8, 4) is 0 Å². The Morgan fingerprint density at radius 1 is 1.75 bits per heavy atom. The van der Waals surface area contributed by atoms with Crippen LogP contribution < -0.4 is 0 Å². The van der Waals surface area contributed by atoms with Crippen molar-refractivity contribution in [3.63, 3.8) is 0 Å². The Bertz CT molecular complexity index is 90.4. The summed E-state index contributed by atoms with van der Waals surface area (Å²) in [5.41, 5.74) is 0. The quantitative estimate of drug-likeness (QED) is 0.264. The summed E-state index contributed by atoms with van der Waals surface area (Å²) >= 11 is 0. The first-order valence-electron chi connectivity index (χ1n) is 1.68. The van der Waals surface area contributed by atoms with Gasteiger partial charge in [0.05, 0.1) is 0 Å². The Morgan fingerprint density at radius 2 is 2.38 bits per heavy atom. The van der Waals surface area contributed by atoms with Gasteiger partial charge in [-0.25, -0.2) is 4.79 Å². The average molecular weight is 140 g/mol. The summed E-state index contributed by atoms with van der Waals surface area (Å²) < 4.78 is 17.4. The van der Waals surface area contributed by atoms with Gasteiger partial charge in [0.15, 0.2) is 8.69 Å². The van der Waals surface area contributed by atoms with Crippen LogP contribution in [0.1, 0.15) is 0 Å². The van der Waals surface area contributed by atoms with Crippen molar-refractivity contribution in [1.82, 2.24) is 0 Å². The molecule has 1 N–H and O–H groups in total. The topological polar surface area (TPSA) is 72.8 Å². The number of hydrogen-bond donors (Lipinski definition) is 1. The lowest BCUT2D eigenvalue weighted by molar-refractivity contribution is 0.0319. The highest BCUT2D eigenvalue weighted by Crippen LogP contribution is 1.92. The summed E-state index contributed by atoms with van der Waals surface area (Å²) in [5, 5.41) is 7.75. The number of hydrogen-bond acceptors (Lipinski definition) is 4. The summed E-state index contributed by atoms with van der Waals surface area (Å²) in [7, 11) is -1.37. The van der Waals surface area contributed by atoms with Crippen molar-refractivity contribution < 1.29 is 23.7 Å². The highest BCUT2D eigenvalue weighted by atomic mass is 31.1. The molecule has 0 spiro atoms. The van der Waals surface area contributed by atoms with Crippen LogP contribution >= 0.6 is 8.69 Å². The molecule has 0 aromatic carbocycles. The van der Waals surface area contributed by atoms with Crippen molar-refractivity contribution in [2.45, 2.75) is 0 Å². The van der Waals surface area contributed by atoms with Gasteiger partial charge in [-0.05, 0) is 0 Å². The first-order chi connectivity index (χ1) is 3.77. The van der Waals surface area contributed by atoms with Gasteiger partial charge in [0.1, 0.15) is 0 Å². The Kier molecular flexibility index (Phi) is 4.30. The lowest BCUT2D eigenvalue weighted by Gasteiger charge is -1.92. The van der Waals surface area contributed by atoms with Gasteiger partial charge < -0.3 is 9.84 Å². The molecule has 0 fully saturated rings. The van der Waals surface area contributed by atoms with Crippen LogP contribution in [-0.2, 0) is 13.8 Å². The van der Waals surface area contributed by atoms with Crippen LogP contribution in [0, 0.1) is 0 Å². The maximum absolute atomic E-state index is 9.50. The van der Waals surface area contributed by atoms with Crippen LogP contribution in [0.2, 0.25) is 0 Å². The SMILES string of the molecule is O=[PH2]OCOC(=O)O. The third kappa shape index (κ3) is 5.46. The molecule has 6 heteroatoms. The molecule has 0 aromatic rings. The molecule has 48 valence electrons. The van der Waals surface area contributed by atoms with Gasteiger partial charge >= 0.3 is 6.16 Å². The maximum Gasteiger partial charge on any atom is 0.507 e. The molecular weight excluding hydrogens is 135 g/mol. The Balaban J connectivity index is 2.93. The summed E-state index contributed by atoms with van der Waals surface area (Å²) in [6, 6.07) is 0. The molecule has 0 aliphatic rings. The molecule has 0 radical (unpaired) electrons. The molecule has 8 heavy (non-hydrogen) atoms. The van der Waals surface area contributed by atoms with Crippen molar-refractivity contribution in [2.24, 2.45) is 0 Å². The maximum atomic E-state index is 9.50. The van der Waals surface area contributed by atoms with Gasteiger partial charge in [0, 0.05) is 0 Å². The molecule has 1 atom stereocenters. The van der Waals surface area contributed by atoms with Crippen molar-refractivity contribution >= 4 is 14.8 Å². The Morgan fingerprint density at radius 3 is 2.75 bits per heavy atom. The zero-order chi connectivity index (χ0) is 6.41. The smallest absolute Gasteiger partial charge is 0.450 e. The van der Waals surface area contributed by atoms with Crippen LogP contribution in [-0.4, -0.2) is 18.1 Å². The predicted molar refractivity (Wildman–Crippen MR) is 25.5 cm³/mol. The molecule has 5 nitrogen and oxygen atoms in total. The number of rotatable bonds is 3. The summed E-state index contributed by atoms with van der Waals surface area (Å²) in [6.07, 6.45) is -1.43. The molecule has 0 aromatic heterocycles. The van der Waals surface area contributed by atoms with E-state index < -0.39 is 21.6 Å².